The second kappa shape index (κ2) is 10.9. The fourth-order valence-electron chi connectivity index (χ4n) is 3.24. The van der Waals surface area contributed by atoms with Crippen molar-refractivity contribution in [1.82, 2.24) is 0 Å². The van der Waals surface area contributed by atoms with E-state index in [1.807, 2.05) is 42.5 Å². The summed E-state index contributed by atoms with van der Waals surface area (Å²) in [4.78, 5) is 14.2. The topological polar surface area (TPSA) is 66.5 Å². The molecular weight excluding hydrogens is 464 g/mol. The standard InChI is InChI=1S/C24H25ClN2O3S2/c1-3-23(27(32(2,29)30)21-15-11-19(25)12-16-21)24(28)26-20-13-9-18(10-14-20)17-31-22-7-5-4-6-8-22/h4-16,23H,3,17H2,1-2H3,(H,26,28). The minimum atomic E-state index is -3.69. The molecule has 0 radical (unpaired) electrons. The number of hydrogen-bond donors (Lipinski definition) is 1. The molecule has 0 fully saturated rings. The van der Waals surface area contributed by atoms with Crippen LogP contribution < -0.4 is 9.62 Å². The lowest BCUT2D eigenvalue weighted by molar-refractivity contribution is -0.117. The maximum Gasteiger partial charge on any atom is 0.248 e. The van der Waals surface area contributed by atoms with E-state index in [9.17, 15) is 13.2 Å². The van der Waals surface area contributed by atoms with Crippen LogP contribution in [0.5, 0.6) is 0 Å². The van der Waals surface area contributed by atoms with Crippen molar-refractivity contribution in [3.05, 3.63) is 89.4 Å². The molecule has 0 aliphatic rings. The Morgan fingerprint density at radius 1 is 1.00 bits per heavy atom. The largest absolute Gasteiger partial charge is 0.324 e. The van der Waals surface area contributed by atoms with Crippen LogP contribution in [-0.2, 0) is 20.6 Å². The van der Waals surface area contributed by atoms with E-state index >= 15 is 0 Å². The summed E-state index contributed by atoms with van der Waals surface area (Å²) in [6.45, 7) is 1.78. The molecule has 0 aliphatic carbocycles. The van der Waals surface area contributed by atoms with Gasteiger partial charge in [-0.2, -0.15) is 0 Å². The molecule has 0 bridgehead atoms. The second-order valence-corrected chi connectivity index (χ2v) is 10.6. The Kier molecular flexibility index (Phi) is 8.23. The molecule has 3 aromatic rings. The maximum absolute atomic E-state index is 13.0. The highest BCUT2D eigenvalue weighted by Crippen LogP contribution is 2.26. The molecule has 3 rings (SSSR count). The third kappa shape index (κ3) is 6.51. The molecule has 0 saturated carbocycles. The van der Waals surface area contributed by atoms with Crippen molar-refractivity contribution in [2.75, 3.05) is 15.9 Å². The van der Waals surface area contributed by atoms with Crippen LogP contribution in [0.2, 0.25) is 5.02 Å². The number of nitrogens with one attached hydrogen (secondary N) is 1. The van der Waals surface area contributed by atoms with Crippen LogP contribution in [-0.4, -0.2) is 26.6 Å². The Hall–Kier alpha value is -2.48. The van der Waals surface area contributed by atoms with Gasteiger partial charge in [0.05, 0.1) is 11.9 Å². The average Bonchev–Trinajstić information content (AvgIpc) is 2.77. The fourth-order valence-corrected chi connectivity index (χ4v) is 5.45. The van der Waals surface area contributed by atoms with Crippen molar-refractivity contribution >= 4 is 50.7 Å². The van der Waals surface area contributed by atoms with Gasteiger partial charge >= 0.3 is 0 Å². The van der Waals surface area contributed by atoms with E-state index in [4.69, 9.17) is 11.6 Å². The van der Waals surface area contributed by atoms with Gasteiger partial charge in [0, 0.05) is 21.4 Å². The monoisotopic (exact) mass is 488 g/mol. The summed E-state index contributed by atoms with van der Waals surface area (Å²) >= 11 is 7.67. The van der Waals surface area contributed by atoms with Crippen molar-refractivity contribution in [2.45, 2.75) is 30.0 Å². The number of benzene rings is 3. The first kappa shape index (κ1) is 24.2. The molecule has 3 aromatic carbocycles. The SMILES string of the molecule is CCC(C(=O)Nc1ccc(CSc2ccccc2)cc1)N(c1ccc(Cl)cc1)S(C)(=O)=O. The number of carbonyl (C=O) groups is 1. The summed E-state index contributed by atoms with van der Waals surface area (Å²) in [5, 5.41) is 3.34. The highest BCUT2D eigenvalue weighted by molar-refractivity contribution is 7.98. The molecule has 0 aliphatic heterocycles. The Bertz CT molecular complexity index is 1140. The molecule has 1 unspecified atom stereocenters. The van der Waals surface area contributed by atoms with Crippen LogP contribution in [0, 0.1) is 0 Å². The smallest absolute Gasteiger partial charge is 0.248 e. The summed E-state index contributed by atoms with van der Waals surface area (Å²) in [7, 11) is -3.69. The van der Waals surface area contributed by atoms with Gasteiger partial charge in [0.1, 0.15) is 6.04 Å². The first-order chi connectivity index (χ1) is 15.3. The zero-order valence-electron chi connectivity index (χ0n) is 17.9. The van der Waals surface area contributed by atoms with Gasteiger partial charge in [-0.3, -0.25) is 9.10 Å². The minimum absolute atomic E-state index is 0.313. The predicted octanol–water partition coefficient (Wildman–Crippen LogP) is 5.82. The van der Waals surface area contributed by atoms with Gasteiger partial charge in [0.15, 0.2) is 0 Å². The average molecular weight is 489 g/mol. The van der Waals surface area contributed by atoms with Crippen molar-refractivity contribution < 1.29 is 13.2 Å². The van der Waals surface area contributed by atoms with E-state index in [0.29, 0.717) is 22.8 Å². The number of nitrogens with zero attached hydrogens (tertiary/aromatic N) is 1. The number of rotatable bonds is 9. The van der Waals surface area contributed by atoms with E-state index in [0.717, 1.165) is 21.9 Å². The molecule has 32 heavy (non-hydrogen) atoms. The Morgan fingerprint density at radius 3 is 2.19 bits per heavy atom. The van der Waals surface area contributed by atoms with Gasteiger partial charge in [0.25, 0.3) is 0 Å². The summed E-state index contributed by atoms with van der Waals surface area (Å²) in [5.41, 5.74) is 2.14. The van der Waals surface area contributed by atoms with Gasteiger partial charge in [-0.25, -0.2) is 8.42 Å². The quantitative estimate of drug-likeness (QED) is 0.385. The van der Waals surface area contributed by atoms with Gasteiger partial charge in [-0.05, 0) is 60.5 Å². The van der Waals surface area contributed by atoms with Gasteiger partial charge < -0.3 is 5.32 Å². The predicted molar refractivity (Wildman–Crippen MR) is 134 cm³/mol. The van der Waals surface area contributed by atoms with Gasteiger partial charge in [-0.1, -0.05) is 48.9 Å². The lowest BCUT2D eigenvalue weighted by Gasteiger charge is -2.30. The highest BCUT2D eigenvalue weighted by Gasteiger charge is 2.31. The first-order valence-corrected chi connectivity index (χ1v) is 13.3. The summed E-state index contributed by atoms with van der Waals surface area (Å²) < 4.78 is 26.2. The minimum Gasteiger partial charge on any atom is -0.324 e. The lowest BCUT2D eigenvalue weighted by atomic mass is 10.1. The summed E-state index contributed by atoms with van der Waals surface area (Å²) in [6, 6.07) is 23.2. The van der Waals surface area contributed by atoms with Crippen LogP contribution in [0.25, 0.3) is 0 Å². The maximum atomic E-state index is 13.0. The van der Waals surface area contributed by atoms with E-state index in [1.165, 1.54) is 4.90 Å². The Labute approximate surface area is 198 Å². The molecular formula is C24H25ClN2O3S2. The van der Waals surface area contributed by atoms with E-state index in [-0.39, 0.29) is 5.91 Å². The van der Waals surface area contributed by atoms with Crippen molar-refractivity contribution in [3.8, 4) is 0 Å². The first-order valence-electron chi connectivity index (χ1n) is 10.1. The summed E-state index contributed by atoms with van der Waals surface area (Å²) in [6.07, 6.45) is 1.41. The zero-order chi connectivity index (χ0) is 23.1. The number of anilines is 2. The van der Waals surface area contributed by atoms with Gasteiger partial charge in [-0.15, -0.1) is 11.8 Å². The number of hydrogen-bond acceptors (Lipinski definition) is 4. The molecule has 0 aromatic heterocycles. The van der Waals surface area contributed by atoms with Crippen molar-refractivity contribution in [1.29, 1.82) is 0 Å². The molecule has 1 amide bonds. The molecule has 8 heteroatoms. The highest BCUT2D eigenvalue weighted by atomic mass is 35.5. The number of amides is 1. The van der Waals surface area contributed by atoms with Crippen LogP contribution in [0.3, 0.4) is 0 Å². The number of sulfonamides is 1. The molecule has 1 N–H and O–H groups in total. The number of thioether (sulfide) groups is 1. The fraction of sp³-hybridized carbons (Fsp3) is 0.208. The molecule has 0 spiro atoms. The second-order valence-electron chi connectivity index (χ2n) is 7.25. The van der Waals surface area contributed by atoms with Crippen LogP contribution in [0.4, 0.5) is 11.4 Å². The Morgan fingerprint density at radius 2 is 1.62 bits per heavy atom. The molecule has 0 heterocycles. The number of halogens is 1. The normalized spacial score (nSPS) is 12.2. The van der Waals surface area contributed by atoms with E-state index in [1.54, 1.807) is 43.0 Å². The molecule has 5 nitrogen and oxygen atoms in total. The van der Waals surface area contributed by atoms with Crippen LogP contribution >= 0.6 is 23.4 Å². The van der Waals surface area contributed by atoms with Crippen LogP contribution in [0.1, 0.15) is 18.9 Å². The molecule has 168 valence electrons. The Balaban J connectivity index is 1.71. The molecule has 0 saturated heterocycles. The van der Waals surface area contributed by atoms with Crippen LogP contribution in [0.15, 0.2) is 83.8 Å². The van der Waals surface area contributed by atoms with E-state index < -0.39 is 16.1 Å². The van der Waals surface area contributed by atoms with E-state index in [2.05, 4.69) is 17.4 Å². The lowest BCUT2D eigenvalue weighted by Crippen LogP contribution is -2.46. The zero-order valence-corrected chi connectivity index (χ0v) is 20.3. The van der Waals surface area contributed by atoms with Crippen molar-refractivity contribution in [3.63, 3.8) is 0 Å². The van der Waals surface area contributed by atoms with Crippen molar-refractivity contribution in [2.24, 2.45) is 0 Å². The number of carbonyl (C=O) groups excluding carboxylic acids is 1. The summed E-state index contributed by atoms with van der Waals surface area (Å²) in [5.74, 6) is 0.424. The third-order valence-electron chi connectivity index (χ3n) is 4.78. The molecule has 1 atom stereocenters. The third-order valence-corrected chi connectivity index (χ3v) is 7.30. The van der Waals surface area contributed by atoms with Gasteiger partial charge in [0.2, 0.25) is 15.9 Å².